The quantitative estimate of drug-likeness (QED) is 0.741. The van der Waals surface area contributed by atoms with Gasteiger partial charge in [-0.3, -0.25) is 9.69 Å². The monoisotopic (exact) mass is 349 g/mol. The number of carboxylic acid groups (broad SMARTS) is 1. The molecule has 3 unspecified atom stereocenters. The van der Waals surface area contributed by atoms with Crippen molar-refractivity contribution < 1.29 is 23.1 Å². The largest absolute Gasteiger partial charge is 0.480 e. The highest BCUT2D eigenvalue weighted by atomic mass is 32.2. The SMILES string of the molecule is CCC(C(=O)O)N1CCN(S(=O)(=O)N2CC(C)OC(C)C2)CC1. The van der Waals surface area contributed by atoms with Crippen molar-refractivity contribution in [1.29, 1.82) is 0 Å². The third kappa shape index (κ3) is 4.21. The summed E-state index contributed by atoms with van der Waals surface area (Å²) in [6.45, 7) is 7.83. The molecule has 0 aliphatic carbocycles. The molecule has 1 N–H and O–H groups in total. The summed E-state index contributed by atoms with van der Waals surface area (Å²) in [6.07, 6.45) is 0.276. The molecule has 0 saturated carbocycles. The van der Waals surface area contributed by atoms with E-state index in [-0.39, 0.29) is 12.2 Å². The molecule has 2 saturated heterocycles. The molecule has 9 heteroatoms. The van der Waals surface area contributed by atoms with Crippen LogP contribution in [-0.2, 0) is 19.7 Å². The lowest BCUT2D eigenvalue weighted by molar-refractivity contribution is -0.143. The van der Waals surface area contributed by atoms with Crippen molar-refractivity contribution in [3.8, 4) is 0 Å². The first-order valence-corrected chi connectivity index (χ1v) is 9.53. The molecule has 0 radical (unpaired) electrons. The van der Waals surface area contributed by atoms with E-state index in [0.717, 1.165) is 0 Å². The lowest BCUT2D eigenvalue weighted by Gasteiger charge is -2.41. The molecular formula is C14H27N3O5S. The molecule has 3 atom stereocenters. The number of rotatable bonds is 5. The molecule has 0 spiro atoms. The fraction of sp³-hybridized carbons (Fsp3) is 0.929. The second-order valence-electron chi connectivity index (χ2n) is 6.28. The van der Waals surface area contributed by atoms with Gasteiger partial charge in [0.2, 0.25) is 0 Å². The molecule has 23 heavy (non-hydrogen) atoms. The van der Waals surface area contributed by atoms with Crippen molar-refractivity contribution in [2.24, 2.45) is 0 Å². The van der Waals surface area contributed by atoms with E-state index in [1.807, 2.05) is 25.7 Å². The molecule has 2 aliphatic heterocycles. The van der Waals surface area contributed by atoms with Crippen LogP contribution in [0.25, 0.3) is 0 Å². The Bertz CT molecular complexity index is 509. The Morgan fingerprint density at radius 1 is 1.13 bits per heavy atom. The summed E-state index contributed by atoms with van der Waals surface area (Å²) in [4.78, 5) is 13.1. The molecule has 2 heterocycles. The highest BCUT2D eigenvalue weighted by Crippen LogP contribution is 2.19. The summed E-state index contributed by atoms with van der Waals surface area (Å²) in [5.74, 6) is -0.848. The molecular weight excluding hydrogens is 322 g/mol. The van der Waals surface area contributed by atoms with E-state index in [0.29, 0.717) is 45.7 Å². The summed E-state index contributed by atoms with van der Waals surface area (Å²) in [5.41, 5.74) is 0. The second kappa shape index (κ2) is 7.43. The summed E-state index contributed by atoms with van der Waals surface area (Å²) in [7, 11) is -3.51. The molecule has 0 aromatic heterocycles. The van der Waals surface area contributed by atoms with E-state index < -0.39 is 22.2 Å². The molecule has 8 nitrogen and oxygen atoms in total. The normalized spacial score (nSPS) is 30.2. The zero-order valence-corrected chi connectivity index (χ0v) is 14.8. The van der Waals surface area contributed by atoms with E-state index in [4.69, 9.17) is 4.74 Å². The number of carbonyl (C=O) groups is 1. The van der Waals surface area contributed by atoms with Gasteiger partial charge in [-0.05, 0) is 20.3 Å². The number of piperazine rings is 1. The third-order valence-electron chi connectivity index (χ3n) is 4.42. The summed E-state index contributed by atoms with van der Waals surface area (Å²) >= 11 is 0. The Morgan fingerprint density at radius 3 is 2.09 bits per heavy atom. The fourth-order valence-corrected chi connectivity index (χ4v) is 5.07. The van der Waals surface area contributed by atoms with Crippen LogP contribution >= 0.6 is 0 Å². The van der Waals surface area contributed by atoms with Crippen LogP contribution in [0.1, 0.15) is 27.2 Å². The first kappa shape index (κ1) is 18.6. The first-order chi connectivity index (χ1) is 10.8. The van der Waals surface area contributed by atoms with Crippen molar-refractivity contribution >= 4 is 16.2 Å². The van der Waals surface area contributed by atoms with E-state index in [1.54, 1.807) is 0 Å². The van der Waals surface area contributed by atoms with Crippen molar-refractivity contribution in [1.82, 2.24) is 13.5 Å². The fourth-order valence-electron chi connectivity index (χ4n) is 3.32. The number of aliphatic carboxylic acids is 1. The number of morpholine rings is 1. The molecule has 2 aliphatic rings. The number of nitrogens with zero attached hydrogens (tertiary/aromatic N) is 3. The van der Waals surface area contributed by atoms with E-state index >= 15 is 0 Å². The van der Waals surface area contributed by atoms with Crippen LogP contribution in [0.5, 0.6) is 0 Å². The van der Waals surface area contributed by atoms with Crippen LogP contribution in [0, 0.1) is 0 Å². The number of ether oxygens (including phenoxy) is 1. The molecule has 2 fully saturated rings. The molecule has 2 rings (SSSR count). The maximum Gasteiger partial charge on any atom is 0.320 e. The van der Waals surface area contributed by atoms with Crippen molar-refractivity contribution in [3.05, 3.63) is 0 Å². The molecule has 0 aromatic rings. The minimum atomic E-state index is -3.51. The van der Waals surface area contributed by atoms with Crippen LogP contribution in [0.15, 0.2) is 0 Å². The third-order valence-corrected chi connectivity index (χ3v) is 6.39. The average Bonchev–Trinajstić information content (AvgIpc) is 2.47. The Labute approximate surface area is 138 Å². The van der Waals surface area contributed by atoms with Gasteiger partial charge in [0.25, 0.3) is 10.2 Å². The Hall–Kier alpha value is -0.740. The Balaban J connectivity index is 1.99. The van der Waals surface area contributed by atoms with Crippen molar-refractivity contribution in [2.75, 3.05) is 39.3 Å². The van der Waals surface area contributed by atoms with Gasteiger partial charge >= 0.3 is 5.97 Å². The number of hydrogen-bond acceptors (Lipinski definition) is 5. The van der Waals surface area contributed by atoms with Gasteiger partial charge in [0.15, 0.2) is 0 Å². The van der Waals surface area contributed by atoms with Crippen molar-refractivity contribution in [3.63, 3.8) is 0 Å². The van der Waals surface area contributed by atoms with E-state index in [2.05, 4.69) is 0 Å². The lowest BCUT2D eigenvalue weighted by Crippen LogP contribution is -2.58. The van der Waals surface area contributed by atoms with Crippen LogP contribution < -0.4 is 0 Å². The molecule has 134 valence electrons. The highest BCUT2D eigenvalue weighted by molar-refractivity contribution is 7.86. The smallest absolute Gasteiger partial charge is 0.320 e. The van der Waals surface area contributed by atoms with E-state index in [9.17, 15) is 18.3 Å². The summed E-state index contributed by atoms with van der Waals surface area (Å²) < 4.78 is 34.1. The van der Waals surface area contributed by atoms with Gasteiger partial charge in [-0.2, -0.15) is 17.0 Å². The average molecular weight is 349 g/mol. The minimum absolute atomic E-state index is 0.119. The zero-order valence-electron chi connectivity index (χ0n) is 14.0. The Morgan fingerprint density at radius 2 is 1.65 bits per heavy atom. The van der Waals surface area contributed by atoms with E-state index in [1.165, 1.54) is 8.61 Å². The van der Waals surface area contributed by atoms with Gasteiger partial charge in [0.05, 0.1) is 12.2 Å². The number of hydrogen-bond donors (Lipinski definition) is 1. The van der Waals surface area contributed by atoms with Crippen LogP contribution in [0.3, 0.4) is 0 Å². The van der Waals surface area contributed by atoms with Gasteiger partial charge < -0.3 is 9.84 Å². The predicted molar refractivity (Wildman–Crippen MR) is 85.4 cm³/mol. The van der Waals surface area contributed by atoms with Gasteiger partial charge in [-0.15, -0.1) is 0 Å². The van der Waals surface area contributed by atoms with Gasteiger partial charge in [-0.1, -0.05) is 6.92 Å². The molecule has 0 amide bonds. The molecule has 0 aromatic carbocycles. The minimum Gasteiger partial charge on any atom is -0.480 e. The van der Waals surface area contributed by atoms with Gasteiger partial charge in [0, 0.05) is 39.3 Å². The maximum atomic E-state index is 12.8. The predicted octanol–water partition coefficient (Wildman–Crippen LogP) is -0.179. The summed E-state index contributed by atoms with van der Waals surface area (Å²) in [6, 6.07) is -0.539. The zero-order chi connectivity index (χ0) is 17.2. The molecule has 0 bridgehead atoms. The van der Waals surface area contributed by atoms with Crippen LogP contribution in [-0.4, -0.2) is 90.5 Å². The second-order valence-corrected chi connectivity index (χ2v) is 8.21. The Kier molecular flexibility index (Phi) is 6.01. The highest BCUT2D eigenvalue weighted by Gasteiger charge is 2.38. The lowest BCUT2D eigenvalue weighted by atomic mass is 10.1. The maximum absolute atomic E-state index is 12.8. The topological polar surface area (TPSA) is 90.4 Å². The van der Waals surface area contributed by atoms with Gasteiger partial charge in [-0.25, -0.2) is 0 Å². The standard InChI is InChI=1S/C14H27N3O5S/c1-4-13(14(18)19)15-5-7-16(8-6-15)23(20,21)17-9-11(2)22-12(3)10-17/h11-13H,4-10H2,1-3H3,(H,18,19). The first-order valence-electron chi connectivity index (χ1n) is 8.13. The van der Waals surface area contributed by atoms with Crippen LogP contribution in [0.4, 0.5) is 0 Å². The van der Waals surface area contributed by atoms with Gasteiger partial charge in [0.1, 0.15) is 6.04 Å². The number of carboxylic acids is 1. The van der Waals surface area contributed by atoms with Crippen LogP contribution in [0.2, 0.25) is 0 Å². The van der Waals surface area contributed by atoms with Crippen molar-refractivity contribution in [2.45, 2.75) is 45.4 Å². The summed E-state index contributed by atoms with van der Waals surface area (Å²) in [5, 5.41) is 9.22.